The summed E-state index contributed by atoms with van der Waals surface area (Å²) < 4.78 is 19.1. The summed E-state index contributed by atoms with van der Waals surface area (Å²) in [5, 5.41) is 4.07. The number of carbonyl (C=O) groups excluding carboxylic acids is 1. The number of hydrogen-bond donors (Lipinski definition) is 2. The van der Waals surface area contributed by atoms with Crippen LogP contribution in [0.5, 0.6) is 0 Å². The third-order valence-electron chi connectivity index (χ3n) is 5.60. The molecule has 3 N–H and O–H groups in total. The number of halogens is 1. The molecule has 168 valence electrons. The maximum Gasteiger partial charge on any atom is 0.409 e. The summed E-state index contributed by atoms with van der Waals surface area (Å²) in [7, 11) is 1.37. The summed E-state index contributed by atoms with van der Waals surface area (Å²) in [5.74, 6) is 0.891. The lowest BCUT2D eigenvalue weighted by molar-refractivity contribution is 0.121. The largest absolute Gasteiger partial charge is 0.453 e. The highest BCUT2D eigenvalue weighted by atomic mass is 19.1. The SMILES string of the molecule is COC(=O)N1CCN(c2nc3c(C)c(F)ccc3cc2[C@H](C)Nc2ncnc(N)n2)CC1. The van der Waals surface area contributed by atoms with Gasteiger partial charge in [-0.2, -0.15) is 4.98 Å². The van der Waals surface area contributed by atoms with E-state index >= 15 is 0 Å². The first-order valence-corrected chi connectivity index (χ1v) is 10.3. The van der Waals surface area contributed by atoms with Crippen LogP contribution >= 0.6 is 0 Å². The molecule has 3 aromatic rings. The molecule has 1 saturated heterocycles. The van der Waals surface area contributed by atoms with Crippen molar-refractivity contribution in [3.63, 3.8) is 0 Å². The van der Waals surface area contributed by atoms with Crippen molar-refractivity contribution < 1.29 is 13.9 Å². The van der Waals surface area contributed by atoms with E-state index in [0.717, 1.165) is 16.8 Å². The van der Waals surface area contributed by atoms with Crippen molar-refractivity contribution in [3.8, 4) is 0 Å². The first-order chi connectivity index (χ1) is 15.4. The Kier molecular flexibility index (Phi) is 5.89. The molecular weight excluding hydrogens is 415 g/mol. The zero-order valence-corrected chi connectivity index (χ0v) is 18.2. The van der Waals surface area contributed by atoms with E-state index in [9.17, 15) is 9.18 Å². The van der Waals surface area contributed by atoms with E-state index in [4.69, 9.17) is 15.5 Å². The number of benzene rings is 1. The summed E-state index contributed by atoms with van der Waals surface area (Å²) in [6.07, 6.45) is 0.992. The lowest BCUT2D eigenvalue weighted by atomic mass is 10.0. The molecule has 0 bridgehead atoms. The summed E-state index contributed by atoms with van der Waals surface area (Å²) in [4.78, 5) is 32.5. The number of aromatic nitrogens is 4. The highest BCUT2D eigenvalue weighted by Gasteiger charge is 2.26. The summed E-state index contributed by atoms with van der Waals surface area (Å²) >= 11 is 0. The Morgan fingerprint density at radius 3 is 2.66 bits per heavy atom. The zero-order chi connectivity index (χ0) is 22.8. The predicted molar refractivity (Wildman–Crippen MR) is 119 cm³/mol. The molecule has 1 aliphatic rings. The summed E-state index contributed by atoms with van der Waals surface area (Å²) in [5.41, 5.74) is 7.67. The standard InChI is InChI=1S/C21H25FN8O2/c1-12-16(22)5-4-14-10-15(13(2)26-20-25-11-24-19(23)28-20)18(27-17(12)14)29-6-8-30(9-7-29)21(31)32-3/h4-5,10-11,13H,6-9H2,1-3H3,(H3,23,24,25,26,28)/t13-/m0/s1. The first-order valence-electron chi connectivity index (χ1n) is 10.3. The maximum atomic E-state index is 14.2. The smallest absolute Gasteiger partial charge is 0.409 e. The quantitative estimate of drug-likeness (QED) is 0.630. The number of hydrogen-bond acceptors (Lipinski definition) is 9. The summed E-state index contributed by atoms with van der Waals surface area (Å²) in [6.45, 7) is 5.83. The third kappa shape index (κ3) is 4.18. The fourth-order valence-corrected chi connectivity index (χ4v) is 3.82. The van der Waals surface area contributed by atoms with Crippen LogP contribution in [-0.2, 0) is 4.74 Å². The van der Waals surface area contributed by atoms with Crippen molar-refractivity contribution in [2.45, 2.75) is 19.9 Å². The van der Waals surface area contributed by atoms with Crippen LogP contribution < -0.4 is 16.0 Å². The lowest BCUT2D eigenvalue weighted by Gasteiger charge is -2.36. The molecule has 1 aromatic carbocycles. The number of nitrogens with zero attached hydrogens (tertiary/aromatic N) is 6. The predicted octanol–water partition coefficient (Wildman–Crippen LogP) is 2.51. The Morgan fingerprint density at radius 1 is 1.22 bits per heavy atom. The molecule has 1 amide bonds. The van der Waals surface area contributed by atoms with Gasteiger partial charge in [0.2, 0.25) is 11.9 Å². The Bertz CT molecular complexity index is 1150. The number of pyridine rings is 1. The average molecular weight is 440 g/mol. The third-order valence-corrected chi connectivity index (χ3v) is 5.60. The molecule has 4 rings (SSSR count). The van der Waals surface area contributed by atoms with Crippen molar-refractivity contribution in [2.24, 2.45) is 0 Å². The van der Waals surface area contributed by atoms with Gasteiger partial charge in [0.1, 0.15) is 18.0 Å². The molecule has 2 aromatic heterocycles. The molecule has 0 aliphatic carbocycles. The van der Waals surface area contributed by atoms with Crippen LogP contribution in [0.15, 0.2) is 24.5 Å². The van der Waals surface area contributed by atoms with E-state index in [1.54, 1.807) is 17.9 Å². The van der Waals surface area contributed by atoms with Crippen LogP contribution in [0.3, 0.4) is 0 Å². The fraction of sp³-hybridized carbons (Fsp3) is 0.381. The Hall–Kier alpha value is -3.76. The van der Waals surface area contributed by atoms with Crippen LogP contribution in [0.1, 0.15) is 24.1 Å². The zero-order valence-electron chi connectivity index (χ0n) is 18.2. The molecule has 3 heterocycles. The van der Waals surface area contributed by atoms with Crippen molar-refractivity contribution >= 4 is 34.7 Å². The van der Waals surface area contributed by atoms with Crippen molar-refractivity contribution in [2.75, 3.05) is 49.2 Å². The number of piperazine rings is 1. The van der Waals surface area contributed by atoms with E-state index in [1.807, 2.05) is 13.0 Å². The number of amides is 1. The molecule has 1 aliphatic heterocycles. The topological polar surface area (TPSA) is 122 Å². The highest BCUT2D eigenvalue weighted by Crippen LogP contribution is 2.32. The number of fused-ring (bicyclic) bond motifs is 1. The van der Waals surface area contributed by atoms with Gasteiger partial charge >= 0.3 is 6.09 Å². The molecule has 10 nitrogen and oxygen atoms in total. The highest BCUT2D eigenvalue weighted by molar-refractivity contribution is 5.85. The maximum absolute atomic E-state index is 14.2. The molecule has 11 heteroatoms. The second-order valence-electron chi connectivity index (χ2n) is 7.62. The molecule has 0 spiro atoms. The van der Waals surface area contributed by atoms with E-state index in [2.05, 4.69) is 25.2 Å². The second-order valence-corrected chi connectivity index (χ2v) is 7.62. The Morgan fingerprint density at radius 2 is 1.97 bits per heavy atom. The van der Waals surface area contributed by atoms with Crippen molar-refractivity contribution in [1.82, 2.24) is 24.8 Å². The van der Waals surface area contributed by atoms with Gasteiger partial charge < -0.3 is 25.6 Å². The number of methoxy groups -OCH3 is 1. The van der Waals surface area contributed by atoms with Crippen LogP contribution in [-0.4, -0.2) is 64.2 Å². The molecule has 1 atom stereocenters. The average Bonchev–Trinajstić information content (AvgIpc) is 2.80. The number of aryl methyl sites for hydroxylation is 1. The lowest BCUT2D eigenvalue weighted by Crippen LogP contribution is -2.49. The number of ether oxygens (including phenoxy) is 1. The fourth-order valence-electron chi connectivity index (χ4n) is 3.82. The minimum absolute atomic E-state index is 0.122. The van der Waals surface area contributed by atoms with Crippen molar-refractivity contribution in [3.05, 3.63) is 41.5 Å². The van der Waals surface area contributed by atoms with E-state index in [1.165, 1.54) is 19.5 Å². The van der Waals surface area contributed by atoms with Gasteiger partial charge in [0.05, 0.1) is 18.7 Å². The van der Waals surface area contributed by atoms with Gasteiger partial charge in [0, 0.05) is 42.7 Å². The second kappa shape index (κ2) is 8.77. The van der Waals surface area contributed by atoms with Gasteiger partial charge in [0.15, 0.2) is 0 Å². The molecule has 0 radical (unpaired) electrons. The molecular formula is C21H25FN8O2. The normalized spacial score (nSPS) is 15.0. The van der Waals surface area contributed by atoms with E-state index in [0.29, 0.717) is 43.2 Å². The van der Waals surface area contributed by atoms with E-state index < -0.39 is 0 Å². The number of nitrogen functional groups attached to an aromatic ring is 1. The number of carbonyl (C=O) groups is 1. The number of nitrogens with two attached hydrogens (primary N) is 1. The molecule has 0 unspecified atom stereocenters. The number of nitrogens with one attached hydrogen (secondary N) is 1. The minimum atomic E-state index is -0.350. The first kappa shape index (κ1) is 21.5. The number of anilines is 3. The molecule has 32 heavy (non-hydrogen) atoms. The van der Waals surface area contributed by atoms with Crippen molar-refractivity contribution in [1.29, 1.82) is 0 Å². The number of rotatable bonds is 4. The monoisotopic (exact) mass is 440 g/mol. The minimum Gasteiger partial charge on any atom is -0.453 e. The Labute approximate surface area is 184 Å². The van der Waals surface area contributed by atoms with Gasteiger partial charge in [-0.1, -0.05) is 0 Å². The van der Waals surface area contributed by atoms with E-state index in [-0.39, 0.29) is 23.9 Å². The molecule has 0 saturated carbocycles. The Balaban J connectivity index is 1.72. The molecule has 1 fully saturated rings. The van der Waals surface area contributed by atoms with Crippen LogP contribution in [0, 0.1) is 12.7 Å². The van der Waals surface area contributed by atoms with Gasteiger partial charge in [0.25, 0.3) is 0 Å². The van der Waals surface area contributed by atoms with Crippen LogP contribution in [0.4, 0.5) is 26.9 Å². The van der Waals surface area contributed by atoms with Gasteiger partial charge in [-0.25, -0.2) is 24.1 Å². The van der Waals surface area contributed by atoms with Crippen LogP contribution in [0.25, 0.3) is 10.9 Å². The van der Waals surface area contributed by atoms with Gasteiger partial charge in [-0.3, -0.25) is 0 Å². The van der Waals surface area contributed by atoms with Gasteiger partial charge in [-0.15, -0.1) is 0 Å². The van der Waals surface area contributed by atoms with Crippen LogP contribution in [0.2, 0.25) is 0 Å². The summed E-state index contributed by atoms with van der Waals surface area (Å²) in [6, 6.07) is 4.94. The van der Waals surface area contributed by atoms with Gasteiger partial charge in [-0.05, 0) is 32.0 Å².